The molecule has 2 aliphatic rings. The van der Waals surface area contributed by atoms with Crippen LogP contribution in [0.5, 0.6) is 0 Å². The summed E-state index contributed by atoms with van der Waals surface area (Å²) in [6, 6.07) is 5.25. The first-order valence-electron chi connectivity index (χ1n) is 7.46. The first-order chi connectivity index (χ1) is 10.2. The van der Waals surface area contributed by atoms with Crippen LogP contribution in [0.15, 0.2) is 18.2 Å². The van der Waals surface area contributed by atoms with Crippen LogP contribution in [0, 0.1) is 0 Å². The van der Waals surface area contributed by atoms with Crippen LogP contribution < -0.4 is 4.90 Å². The molecule has 21 heavy (non-hydrogen) atoms. The van der Waals surface area contributed by atoms with Gasteiger partial charge in [0.05, 0.1) is 10.8 Å². The van der Waals surface area contributed by atoms with Crippen molar-refractivity contribution >= 4 is 29.3 Å². The largest absolute Gasteiger partial charge is 0.478 e. The number of anilines is 1. The molecule has 1 unspecified atom stereocenters. The van der Waals surface area contributed by atoms with E-state index in [1.165, 1.54) is 6.42 Å². The Balaban J connectivity index is 1.91. The summed E-state index contributed by atoms with van der Waals surface area (Å²) in [5.41, 5.74) is 1.95. The average Bonchev–Trinajstić information content (AvgIpc) is 2.53. The molecule has 5 heteroatoms. The van der Waals surface area contributed by atoms with Gasteiger partial charge in [0.2, 0.25) is 5.91 Å². The summed E-state index contributed by atoms with van der Waals surface area (Å²) in [6.45, 7) is 0.700. The van der Waals surface area contributed by atoms with Crippen molar-refractivity contribution in [2.75, 3.05) is 17.2 Å². The highest BCUT2D eigenvalue weighted by molar-refractivity contribution is 8.00. The Labute approximate surface area is 128 Å². The molecule has 1 fully saturated rings. The van der Waals surface area contributed by atoms with Gasteiger partial charge in [0.25, 0.3) is 0 Å². The van der Waals surface area contributed by atoms with Crippen molar-refractivity contribution in [3.63, 3.8) is 0 Å². The lowest BCUT2D eigenvalue weighted by atomic mass is 9.95. The van der Waals surface area contributed by atoms with Crippen LogP contribution >= 0.6 is 11.8 Å². The summed E-state index contributed by atoms with van der Waals surface area (Å²) in [5, 5.41) is 9.35. The molecule has 3 rings (SSSR count). The first kappa shape index (κ1) is 14.4. The van der Waals surface area contributed by atoms with Gasteiger partial charge in [-0.1, -0.05) is 12.5 Å². The van der Waals surface area contributed by atoms with E-state index in [2.05, 4.69) is 0 Å². The molecule has 1 atom stereocenters. The molecule has 0 radical (unpaired) electrons. The normalized spacial score (nSPS) is 21.7. The van der Waals surface area contributed by atoms with Gasteiger partial charge in [0, 0.05) is 12.2 Å². The number of carbonyl (C=O) groups is 2. The van der Waals surface area contributed by atoms with Crippen molar-refractivity contribution in [1.29, 1.82) is 0 Å². The summed E-state index contributed by atoms with van der Waals surface area (Å²) in [7, 11) is 0. The molecule has 0 aliphatic carbocycles. The quantitative estimate of drug-likeness (QED) is 0.912. The second-order valence-electron chi connectivity index (χ2n) is 5.56. The number of thioether (sulfide) groups is 1. The van der Waals surface area contributed by atoms with Crippen molar-refractivity contribution in [2.24, 2.45) is 0 Å². The second kappa shape index (κ2) is 6.10. The van der Waals surface area contributed by atoms with E-state index in [4.69, 9.17) is 0 Å². The molecule has 1 aromatic carbocycles. The van der Waals surface area contributed by atoms with E-state index >= 15 is 0 Å². The maximum Gasteiger partial charge on any atom is 0.336 e. The molecule has 1 aromatic rings. The molecular weight excluding hydrogens is 286 g/mol. The summed E-state index contributed by atoms with van der Waals surface area (Å²) >= 11 is 1.74. The molecule has 2 aliphatic heterocycles. The third-order valence-corrected chi connectivity index (χ3v) is 5.57. The minimum atomic E-state index is -0.909. The van der Waals surface area contributed by atoms with Crippen molar-refractivity contribution in [2.45, 2.75) is 37.4 Å². The zero-order chi connectivity index (χ0) is 14.8. The van der Waals surface area contributed by atoms with Crippen molar-refractivity contribution in [1.82, 2.24) is 0 Å². The van der Waals surface area contributed by atoms with Gasteiger partial charge in [-0.15, -0.1) is 11.8 Å². The highest BCUT2D eigenvalue weighted by Crippen LogP contribution is 2.34. The van der Waals surface area contributed by atoms with E-state index in [0.717, 1.165) is 42.7 Å². The molecule has 0 saturated carbocycles. The minimum absolute atomic E-state index is 0.0400. The fourth-order valence-corrected chi connectivity index (χ4v) is 4.42. The topological polar surface area (TPSA) is 57.6 Å². The van der Waals surface area contributed by atoms with E-state index in [9.17, 15) is 14.7 Å². The highest BCUT2D eigenvalue weighted by Gasteiger charge is 2.31. The van der Waals surface area contributed by atoms with Crippen LogP contribution in [0.1, 0.15) is 41.6 Å². The minimum Gasteiger partial charge on any atom is -0.478 e. The molecule has 112 valence electrons. The Morgan fingerprint density at radius 1 is 1.24 bits per heavy atom. The van der Waals surface area contributed by atoms with Crippen molar-refractivity contribution in [3.8, 4) is 0 Å². The maximum absolute atomic E-state index is 12.8. The predicted octanol–water partition coefficient (Wildman–Crippen LogP) is 2.95. The molecule has 2 heterocycles. The fourth-order valence-electron chi connectivity index (χ4n) is 3.16. The Morgan fingerprint density at radius 2 is 2.10 bits per heavy atom. The number of hydrogen-bond acceptors (Lipinski definition) is 3. The van der Waals surface area contributed by atoms with Crippen LogP contribution in [0.4, 0.5) is 5.69 Å². The van der Waals surface area contributed by atoms with E-state index in [1.807, 2.05) is 11.0 Å². The number of amides is 1. The van der Waals surface area contributed by atoms with Gasteiger partial charge in [-0.3, -0.25) is 4.79 Å². The third kappa shape index (κ3) is 2.79. The molecule has 1 saturated heterocycles. The lowest BCUT2D eigenvalue weighted by Crippen LogP contribution is -2.42. The van der Waals surface area contributed by atoms with Crippen LogP contribution in [0.2, 0.25) is 0 Å². The van der Waals surface area contributed by atoms with Crippen LogP contribution in [-0.4, -0.2) is 34.5 Å². The van der Waals surface area contributed by atoms with Gasteiger partial charge in [-0.2, -0.15) is 0 Å². The fraction of sp³-hybridized carbons (Fsp3) is 0.500. The Morgan fingerprint density at radius 3 is 2.81 bits per heavy atom. The Hall–Kier alpha value is -1.49. The number of carbonyl (C=O) groups excluding carboxylic acids is 1. The summed E-state index contributed by atoms with van der Waals surface area (Å²) in [6.07, 6.45) is 4.81. The molecule has 0 bridgehead atoms. The number of aromatic carboxylic acids is 1. The number of rotatable bonds is 2. The second-order valence-corrected chi connectivity index (χ2v) is 6.87. The first-order valence-corrected chi connectivity index (χ1v) is 8.51. The number of carboxylic acid groups (broad SMARTS) is 1. The third-order valence-electron chi connectivity index (χ3n) is 4.20. The zero-order valence-electron chi connectivity index (χ0n) is 11.9. The zero-order valence-corrected chi connectivity index (χ0v) is 12.7. The van der Waals surface area contributed by atoms with Gasteiger partial charge in [-0.05, 0) is 49.1 Å². The molecule has 1 amide bonds. The molecule has 0 spiro atoms. The van der Waals surface area contributed by atoms with Gasteiger partial charge in [0.1, 0.15) is 0 Å². The van der Waals surface area contributed by atoms with E-state index in [1.54, 1.807) is 23.9 Å². The highest BCUT2D eigenvalue weighted by atomic mass is 32.2. The van der Waals surface area contributed by atoms with Crippen LogP contribution in [-0.2, 0) is 11.2 Å². The smallest absolute Gasteiger partial charge is 0.336 e. The van der Waals surface area contributed by atoms with Gasteiger partial charge in [-0.25, -0.2) is 4.79 Å². The SMILES string of the molecule is O=C(O)c1cccc2c1CCCN2C(=O)C1CCCCS1. The Kier molecular flexibility index (Phi) is 4.19. The number of hydrogen-bond donors (Lipinski definition) is 1. The van der Waals surface area contributed by atoms with E-state index < -0.39 is 5.97 Å². The predicted molar refractivity (Wildman–Crippen MR) is 84.2 cm³/mol. The van der Waals surface area contributed by atoms with E-state index in [0.29, 0.717) is 12.1 Å². The van der Waals surface area contributed by atoms with Crippen LogP contribution in [0.25, 0.3) is 0 Å². The Bertz CT molecular complexity index is 567. The number of nitrogens with zero attached hydrogens (tertiary/aromatic N) is 1. The van der Waals surface area contributed by atoms with Crippen molar-refractivity contribution in [3.05, 3.63) is 29.3 Å². The van der Waals surface area contributed by atoms with Crippen LogP contribution in [0.3, 0.4) is 0 Å². The molecule has 1 N–H and O–H groups in total. The maximum atomic E-state index is 12.8. The standard InChI is InChI=1S/C16H19NO3S/c18-15(14-8-1-2-10-21-14)17-9-4-6-11-12(16(19)20)5-3-7-13(11)17/h3,5,7,14H,1-2,4,6,8-10H2,(H,19,20). The lowest BCUT2D eigenvalue weighted by Gasteiger charge is -2.33. The summed E-state index contributed by atoms with van der Waals surface area (Å²) in [5.74, 6) is 0.295. The van der Waals surface area contributed by atoms with Gasteiger partial charge < -0.3 is 10.0 Å². The summed E-state index contributed by atoms with van der Waals surface area (Å²) < 4.78 is 0. The average molecular weight is 305 g/mol. The summed E-state index contributed by atoms with van der Waals surface area (Å²) in [4.78, 5) is 25.9. The van der Waals surface area contributed by atoms with E-state index in [-0.39, 0.29) is 11.2 Å². The molecule has 0 aromatic heterocycles. The monoisotopic (exact) mass is 305 g/mol. The van der Waals surface area contributed by atoms with Gasteiger partial charge in [0.15, 0.2) is 0 Å². The van der Waals surface area contributed by atoms with Crippen molar-refractivity contribution < 1.29 is 14.7 Å². The number of benzene rings is 1. The van der Waals surface area contributed by atoms with Gasteiger partial charge >= 0.3 is 5.97 Å². The lowest BCUT2D eigenvalue weighted by molar-refractivity contribution is -0.118. The molecular formula is C16H19NO3S. The number of fused-ring (bicyclic) bond motifs is 1. The number of carboxylic acids is 1. The molecule has 4 nitrogen and oxygen atoms in total.